The van der Waals surface area contributed by atoms with E-state index in [0.717, 1.165) is 11.0 Å². The molecule has 0 fully saturated rings. The Morgan fingerprint density at radius 3 is 2.88 bits per heavy atom. The zero-order chi connectivity index (χ0) is 12.0. The van der Waals surface area contributed by atoms with Crippen molar-refractivity contribution in [3.63, 3.8) is 0 Å². The lowest BCUT2D eigenvalue weighted by Gasteiger charge is -1.96. The van der Waals surface area contributed by atoms with Crippen molar-refractivity contribution < 1.29 is 9.90 Å². The Morgan fingerprint density at radius 2 is 2.12 bits per heavy atom. The minimum absolute atomic E-state index is 0.0288. The Kier molecular flexibility index (Phi) is 2.02. The van der Waals surface area contributed by atoms with Gasteiger partial charge in [-0.15, -0.1) is 0 Å². The Bertz CT molecular complexity index is 751. The van der Waals surface area contributed by atoms with E-state index in [1.165, 1.54) is 6.07 Å². The van der Waals surface area contributed by atoms with E-state index in [9.17, 15) is 4.79 Å². The molecular weight excluding hydrogens is 242 g/mol. The van der Waals surface area contributed by atoms with Gasteiger partial charge in [-0.2, -0.15) is 0 Å². The monoisotopic (exact) mass is 247 g/mol. The van der Waals surface area contributed by atoms with Crippen LogP contribution in [0.25, 0.3) is 16.8 Å². The van der Waals surface area contributed by atoms with Gasteiger partial charge in [0.15, 0.2) is 5.69 Å². The predicted octanol–water partition coefficient (Wildman–Crippen LogP) is 2.23. The van der Waals surface area contributed by atoms with Gasteiger partial charge in [-0.3, -0.25) is 4.40 Å². The van der Waals surface area contributed by atoms with Crippen LogP contribution in [0, 0.1) is 0 Å². The highest BCUT2D eigenvalue weighted by Gasteiger charge is 2.09. The molecule has 2 aromatic heterocycles. The first-order valence-electron chi connectivity index (χ1n) is 4.83. The summed E-state index contributed by atoms with van der Waals surface area (Å²) in [5.74, 6) is -0.722. The fourth-order valence-electron chi connectivity index (χ4n) is 1.69. The third-order valence-corrected chi connectivity index (χ3v) is 2.69. The van der Waals surface area contributed by atoms with E-state index in [-0.39, 0.29) is 5.69 Å². The summed E-state index contributed by atoms with van der Waals surface area (Å²) in [6.07, 6.45) is 1.62. The van der Waals surface area contributed by atoms with Crippen LogP contribution in [0.3, 0.4) is 0 Å². The van der Waals surface area contributed by atoms with Crippen LogP contribution in [0.4, 0.5) is 0 Å². The number of hydrogen-bond acceptors (Lipinski definition) is 3. The van der Waals surface area contributed by atoms with Gasteiger partial charge < -0.3 is 5.11 Å². The molecule has 0 unspecified atom stereocenters. The molecule has 0 aliphatic heterocycles. The lowest BCUT2D eigenvalue weighted by atomic mass is 10.3. The summed E-state index contributed by atoms with van der Waals surface area (Å²) < 4.78 is 1.70. The molecule has 84 valence electrons. The van der Waals surface area contributed by atoms with Gasteiger partial charge in [-0.25, -0.2) is 14.8 Å². The first-order valence-corrected chi connectivity index (χ1v) is 5.20. The van der Waals surface area contributed by atoms with E-state index in [0.29, 0.717) is 10.8 Å². The number of carboxylic acids is 1. The minimum atomic E-state index is -1.07. The SMILES string of the molecule is O=C(O)c1ccn2c(n1)nc1ccc(Cl)cc12. The maximum absolute atomic E-state index is 10.8. The summed E-state index contributed by atoms with van der Waals surface area (Å²) in [4.78, 5) is 19.0. The zero-order valence-electron chi connectivity index (χ0n) is 8.46. The number of carboxylic acid groups (broad SMARTS) is 1. The van der Waals surface area contributed by atoms with Crippen molar-refractivity contribution in [2.24, 2.45) is 0 Å². The second-order valence-electron chi connectivity index (χ2n) is 3.53. The first-order chi connectivity index (χ1) is 8.15. The molecule has 0 bridgehead atoms. The van der Waals surface area contributed by atoms with E-state index in [1.54, 1.807) is 28.8 Å². The Balaban J connectivity index is 2.39. The van der Waals surface area contributed by atoms with Gasteiger partial charge in [0.2, 0.25) is 5.78 Å². The number of imidazole rings is 1. The van der Waals surface area contributed by atoms with E-state index in [4.69, 9.17) is 16.7 Å². The average Bonchev–Trinajstić information content (AvgIpc) is 2.66. The van der Waals surface area contributed by atoms with Crippen LogP contribution in [-0.2, 0) is 0 Å². The van der Waals surface area contributed by atoms with Gasteiger partial charge in [0.05, 0.1) is 11.0 Å². The summed E-state index contributed by atoms with van der Waals surface area (Å²) in [6, 6.07) is 6.69. The molecule has 0 saturated heterocycles. The number of aromatic carboxylic acids is 1. The van der Waals surface area contributed by atoms with Crippen molar-refractivity contribution in [2.75, 3.05) is 0 Å². The summed E-state index contributed by atoms with van der Waals surface area (Å²) in [5, 5.41) is 9.44. The van der Waals surface area contributed by atoms with Crippen LogP contribution < -0.4 is 0 Å². The summed E-state index contributed by atoms with van der Waals surface area (Å²) >= 11 is 5.90. The molecule has 1 N–H and O–H groups in total. The van der Waals surface area contributed by atoms with Crippen molar-refractivity contribution in [1.29, 1.82) is 0 Å². The fourth-order valence-corrected chi connectivity index (χ4v) is 1.85. The third-order valence-electron chi connectivity index (χ3n) is 2.45. The number of hydrogen-bond donors (Lipinski definition) is 1. The lowest BCUT2D eigenvalue weighted by molar-refractivity contribution is 0.0690. The van der Waals surface area contributed by atoms with Crippen molar-refractivity contribution in [1.82, 2.24) is 14.4 Å². The summed E-state index contributed by atoms with van der Waals surface area (Å²) in [7, 11) is 0. The molecule has 5 nitrogen and oxygen atoms in total. The molecule has 3 rings (SSSR count). The molecule has 0 amide bonds. The molecule has 0 aliphatic rings. The van der Waals surface area contributed by atoms with Crippen molar-refractivity contribution in [3.8, 4) is 0 Å². The molecular formula is C11H6ClN3O2. The molecule has 17 heavy (non-hydrogen) atoms. The van der Waals surface area contributed by atoms with Crippen molar-refractivity contribution >= 4 is 34.4 Å². The van der Waals surface area contributed by atoms with Crippen LogP contribution in [0.5, 0.6) is 0 Å². The predicted molar refractivity (Wildman–Crippen MR) is 62.5 cm³/mol. The second kappa shape index (κ2) is 3.43. The van der Waals surface area contributed by atoms with Gasteiger partial charge in [0.1, 0.15) is 0 Å². The van der Waals surface area contributed by atoms with Crippen molar-refractivity contribution in [2.45, 2.75) is 0 Å². The van der Waals surface area contributed by atoms with Crippen LogP contribution in [0.15, 0.2) is 30.5 Å². The molecule has 0 aliphatic carbocycles. The van der Waals surface area contributed by atoms with Crippen LogP contribution in [0.2, 0.25) is 5.02 Å². The smallest absolute Gasteiger partial charge is 0.354 e. The molecule has 0 spiro atoms. The molecule has 1 aromatic carbocycles. The highest BCUT2D eigenvalue weighted by atomic mass is 35.5. The normalized spacial score (nSPS) is 11.1. The summed E-state index contributed by atoms with van der Waals surface area (Å²) in [5.41, 5.74) is 1.50. The molecule has 3 aromatic rings. The minimum Gasteiger partial charge on any atom is -0.477 e. The number of benzene rings is 1. The number of carbonyl (C=O) groups is 1. The number of halogens is 1. The van der Waals surface area contributed by atoms with E-state index >= 15 is 0 Å². The van der Waals surface area contributed by atoms with E-state index in [1.807, 2.05) is 0 Å². The molecule has 0 atom stereocenters. The molecule has 6 heteroatoms. The van der Waals surface area contributed by atoms with Gasteiger partial charge in [-0.05, 0) is 24.3 Å². The Hall–Kier alpha value is -2.14. The van der Waals surface area contributed by atoms with Gasteiger partial charge in [0, 0.05) is 11.2 Å². The second-order valence-corrected chi connectivity index (χ2v) is 3.97. The summed E-state index contributed by atoms with van der Waals surface area (Å²) in [6.45, 7) is 0. The number of rotatable bonds is 1. The van der Waals surface area contributed by atoms with Gasteiger partial charge in [-0.1, -0.05) is 11.6 Å². The molecule has 0 saturated carbocycles. The highest BCUT2D eigenvalue weighted by Crippen LogP contribution is 2.20. The first kappa shape index (κ1) is 10.0. The Labute approximate surface area is 100 Å². The van der Waals surface area contributed by atoms with Crippen molar-refractivity contribution in [3.05, 3.63) is 41.2 Å². The topological polar surface area (TPSA) is 67.5 Å². The fraction of sp³-hybridized carbons (Fsp3) is 0. The maximum atomic E-state index is 10.8. The van der Waals surface area contributed by atoms with Crippen LogP contribution in [0.1, 0.15) is 10.5 Å². The van der Waals surface area contributed by atoms with E-state index < -0.39 is 5.97 Å². The van der Waals surface area contributed by atoms with Gasteiger partial charge in [0.25, 0.3) is 0 Å². The average molecular weight is 248 g/mol. The van der Waals surface area contributed by atoms with Crippen LogP contribution in [-0.4, -0.2) is 25.4 Å². The van der Waals surface area contributed by atoms with Gasteiger partial charge >= 0.3 is 5.97 Å². The number of nitrogens with zero attached hydrogens (tertiary/aromatic N) is 3. The number of fused-ring (bicyclic) bond motifs is 3. The number of aromatic nitrogens is 3. The third kappa shape index (κ3) is 1.52. The zero-order valence-corrected chi connectivity index (χ0v) is 9.22. The lowest BCUT2D eigenvalue weighted by Crippen LogP contribution is -2.01. The standard InChI is InChI=1S/C11H6ClN3O2/c12-6-1-2-7-9(5-6)15-4-3-8(10(16)17)14-11(15)13-7/h1-5H,(H,16,17). The molecule has 0 radical (unpaired) electrons. The van der Waals surface area contributed by atoms with E-state index in [2.05, 4.69) is 9.97 Å². The quantitative estimate of drug-likeness (QED) is 0.716. The van der Waals surface area contributed by atoms with Crippen LogP contribution >= 0.6 is 11.6 Å². The highest BCUT2D eigenvalue weighted by molar-refractivity contribution is 6.31. The molecule has 2 heterocycles. The maximum Gasteiger partial charge on any atom is 0.354 e. The largest absolute Gasteiger partial charge is 0.477 e. The Morgan fingerprint density at radius 1 is 1.29 bits per heavy atom.